The molecule has 0 aromatic carbocycles. The van der Waals surface area contributed by atoms with Gasteiger partial charge in [0, 0.05) is 7.11 Å². The van der Waals surface area contributed by atoms with E-state index in [4.69, 9.17) is 16.3 Å². The van der Waals surface area contributed by atoms with Crippen LogP contribution in [0.25, 0.3) is 0 Å². The molecule has 0 spiro atoms. The van der Waals surface area contributed by atoms with Crippen molar-refractivity contribution in [1.29, 1.82) is 0 Å². The zero-order chi connectivity index (χ0) is 8.27. The second kappa shape index (κ2) is 4.18. The number of rotatable bonds is 2. The van der Waals surface area contributed by atoms with Crippen LogP contribution in [0.3, 0.4) is 0 Å². The van der Waals surface area contributed by atoms with E-state index in [1.54, 1.807) is 7.11 Å². The molecule has 60 valence electrons. The first-order chi connectivity index (χ1) is 5.25. The zero-order valence-corrected chi connectivity index (χ0v) is 8.76. The van der Waals surface area contributed by atoms with Gasteiger partial charge >= 0.3 is 0 Å². The Morgan fingerprint density at radius 1 is 1.64 bits per heavy atom. The van der Waals surface area contributed by atoms with Gasteiger partial charge in [-0.3, -0.25) is 0 Å². The molecule has 1 rings (SSSR count). The van der Waals surface area contributed by atoms with Crippen molar-refractivity contribution in [3.8, 4) is 0 Å². The van der Waals surface area contributed by atoms with E-state index >= 15 is 0 Å². The molecule has 1 aromatic heterocycles. The molecule has 11 heavy (non-hydrogen) atoms. The summed E-state index contributed by atoms with van der Waals surface area (Å²) in [5, 5.41) is 0.479. The number of halogens is 2. The number of ether oxygens (including phenoxy) is 1. The predicted octanol–water partition coefficient (Wildman–Crippen LogP) is 1.88. The lowest BCUT2D eigenvalue weighted by atomic mass is 10.4. The third-order valence-electron chi connectivity index (χ3n) is 1.10. The highest BCUT2D eigenvalue weighted by atomic mass is 127. The average Bonchev–Trinajstić information content (AvgIpc) is 1.99. The summed E-state index contributed by atoms with van der Waals surface area (Å²) in [6.07, 6.45) is 1.43. The fourth-order valence-electron chi connectivity index (χ4n) is 0.619. The molecule has 1 aromatic rings. The maximum Gasteiger partial charge on any atom is 0.146 e. The molecule has 0 aliphatic heterocycles. The van der Waals surface area contributed by atoms with Crippen molar-refractivity contribution >= 4 is 34.2 Å². The standard InChI is InChI=1S/C6H6ClIN2O/c1-11-2-4-5(8)6(7)10-3-9-4/h3H,2H2,1H3. The molecule has 0 fully saturated rings. The topological polar surface area (TPSA) is 35.0 Å². The molecule has 0 unspecified atom stereocenters. The van der Waals surface area contributed by atoms with Gasteiger partial charge in [-0.25, -0.2) is 9.97 Å². The van der Waals surface area contributed by atoms with Crippen molar-refractivity contribution in [2.75, 3.05) is 7.11 Å². The van der Waals surface area contributed by atoms with Crippen LogP contribution in [0.15, 0.2) is 6.33 Å². The van der Waals surface area contributed by atoms with Gasteiger partial charge in [-0.15, -0.1) is 0 Å². The lowest BCUT2D eigenvalue weighted by Crippen LogP contribution is -1.97. The molecule has 0 saturated heterocycles. The second-order valence-electron chi connectivity index (χ2n) is 1.86. The molecule has 0 saturated carbocycles. The largest absolute Gasteiger partial charge is 0.378 e. The van der Waals surface area contributed by atoms with E-state index in [9.17, 15) is 0 Å². The van der Waals surface area contributed by atoms with E-state index in [-0.39, 0.29) is 0 Å². The third kappa shape index (κ3) is 2.25. The first kappa shape index (κ1) is 9.15. The Hall–Kier alpha value is 0.0600. The van der Waals surface area contributed by atoms with E-state index in [1.165, 1.54) is 6.33 Å². The van der Waals surface area contributed by atoms with Gasteiger partial charge in [0.25, 0.3) is 0 Å². The number of hydrogen-bond acceptors (Lipinski definition) is 3. The summed E-state index contributed by atoms with van der Waals surface area (Å²) in [5.41, 5.74) is 0.827. The van der Waals surface area contributed by atoms with Gasteiger partial charge in [0.1, 0.15) is 11.5 Å². The molecular weight excluding hydrogens is 278 g/mol. The Kier molecular flexibility index (Phi) is 3.47. The summed E-state index contributed by atoms with van der Waals surface area (Å²) in [5.74, 6) is 0. The minimum Gasteiger partial charge on any atom is -0.378 e. The van der Waals surface area contributed by atoms with E-state index in [1.807, 2.05) is 0 Å². The van der Waals surface area contributed by atoms with Crippen LogP contribution in [0.2, 0.25) is 5.15 Å². The molecule has 1 heterocycles. The Bertz CT molecular complexity index is 256. The van der Waals surface area contributed by atoms with Crippen LogP contribution in [0.5, 0.6) is 0 Å². The summed E-state index contributed by atoms with van der Waals surface area (Å²) in [7, 11) is 1.62. The first-order valence-corrected chi connectivity index (χ1v) is 4.35. The molecule has 0 N–H and O–H groups in total. The van der Waals surface area contributed by atoms with Crippen LogP contribution in [0.4, 0.5) is 0 Å². The smallest absolute Gasteiger partial charge is 0.146 e. The van der Waals surface area contributed by atoms with Crippen molar-refractivity contribution in [1.82, 2.24) is 9.97 Å². The van der Waals surface area contributed by atoms with Gasteiger partial charge in [0.15, 0.2) is 0 Å². The number of aromatic nitrogens is 2. The summed E-state index contributed by atoms with van der Waals surface area (Å²) in [6.45, 7) is 0.473. The lowest BCUT2D eigenvalue weighted by molar-refractivity contribution is 0.180. The van der Waals surface area contributed by atoms with Gasteiger partial charge in [-0.05, 0) is 22.6 Å². The molecular formula is C6H6ClIN2O. The molecule has 5 heteroatoms. The highest BCUT2D eigenvalue weighted by Gasteiger charge is 2.04. The molecule has 0 radical (unpaired) electrons. The number of hydrogen-bond donors (Lipinski definition) is 0. The molecule has 0 amide bonds. The normalized spacial score (nSPS) is 10.1. The Balaban J connectivity index is 2.96. The second-order valence-corrected chi connectivity index (χ2v) is 3.29. The molecule has 0 atom stereocenters. The van der Waals surface area contributed by atoms with Crippen molar-refractivity contribution in [2.45, 2.75) is 6.61 Å². The quantitative estimate of drug-likeness (QED) is 0.614. The number of methoxy groups -OCH3 is 1. The Labute approximate surface area is 83.3 Å². The van der Waals surface area contributed by atoms with Crippen molar-refractivity contribution < 1.29 is 4.74 Å². The van der Waals surface area contributed by atoms with Crippen molar-refractivity contribution in [3.63, 3.8) is 0 Å². The van der Waals surface area contributed by atoms with Gasteiger partial charge in [-0.1, -0.05) is 11.6 Å². The SMILES string of the molecule is COCc1ncnc(Cl)c1I. The van der Waals surface area contributed by atoms with E-state index in [0.29, 0.717) is 11.8 Å². The van der Waals surface area contributed by atoms with Crippen molar-refractivity contribution in [2.24, 2.45) is 0 Å². The van der Waals surface area contributed by atoms with Crippen molar-refractivity contribution in [3.05, 3.63) is 20.7 Å². The molecule has 3 nitrogen and oxygen atoms in total. The zero-order valence-electron chi connectivity index (χ0n) is 5.84. The van der Waals surface area contributed by atoms with Gasteiger partial charge in [-0.2, -0.15) is 0 Å². The van der Waals surface area contributed by atoms with Crippen LogP contribution < -0.4 is 0 Å². The van der Waals surface area contributed by atoms with Crippen LogP contribution in [0, 0.1) is 3.57 Å². The molecule has 0 aliphatic carbocycles. The summed E-state index contributed by atoms with van der Waals surface area (Å²) in [6, 6.07) is 0. The fraction of sp³-hybridized carbons (Fsp3) is 0.333. The van der Waals surface area contributed by atoms with Crippen LogP contribution >= 0.6 is 34.2 Å². The van der Waals surface area contributed by atoms with E-state index in [2.05, 4.69) is 32.6 Å². The monoisotopic (exact) mass is 284 g/mol. The predicted molar refractivity (Wildman–Crippen MR) is 50.5 cm³/mol. The highest BCUT2D eigenvalue weighted by molar-refractivity contribution is 14.1. The molecule has 0 aliphatic rings. The molecule has 0 bridgehead atoms. The third-order valence-corrected chi connectivity index (χ3v) is 2.84. The summed E-state index contributed by atoms with van der Waals surface area (Å²) < 4.78 is 5.77. The maximum atomic E-state index is 5.74. The minimum absolute atomic E-state index is 0.473. The first-order valence-electron chi connectivity index (χ1n) is 2.89. The van der Waals surface area contributed by atoms with Gasteiger partial charge in [0.05, 0.1) is 15.9 Å². The maximum absolute atomic E-state index is 5.74. The Morgan fingerprint density at radius 2 is 2.36 bits per heavy atom. The fourth-order valence-corrected chi connectivity index (χ4v) is 1.21. The Morgan fingerprint density at radius 3 is 3.00 bits per heavy atom. The minimum atomic E-state index is 0.473. The van der Waals surface area contributed by atoms with Crippen LogP contribution in [0.1, 0.15) is 5.69 Å². The van der Waals surface area contributed by atoms with E-state index in [0.717, 1.165) is 9.26 Å². The average molecular weight is 284 g/mol. The summed E-state index contributed by atoms with van der Waals surface area (Å²) in [4.78, 5) is 7.81. The van der Waals surface area contributed by atoms with Crippen LogP contribution in [-0.4, -0.2) is 17.1 Å². The lowest BCUT2D eigenvalue weighted by Gasteiger charge is -2.01. The van der Waals surface area contributed by atoms with E-state index < -0.39 is 0 Å². The van der Waals surface area contributed by atoms with Gasteiger partial charge in [0.2, 0.25) is 0 Å². The number of nitrogens with zero attached hydrogens (tertiary/aromatic N) is 2. The highest BCUT2D eigenvalue weighted by Crippen LogP contribution is 2.17. The van der Waals surface area contributed by atoms with Crippen LogP contribution in [-0.2, 0) is 11.3 Å². The van der Waals surface area contributed by atoms with Gasteiger partial charge < -0.3 is 4.74 Å². The summed E-state index contributed by atoms with van der Waals surface area (Å²) >= 11 is 7.83.